The lowest BCUT2D eigenvalue weighted by Crippen LogP contribution is -2.47. The third-order valence-corrected chi connectivity index (χ3v) is 5.36. The summed E-state index contributed by atoms with van der Waals surface area (Å²) < 4.78 is 16.5. The fourth-order valence-corrected chi connectivity index (χ4v) is 3.56. The molecule has 0 unspecified atom stereocenters. The Morgan fingerprint density at radius 2 is 1.67 bits per heavy atom. The first-order chi connectivity index (χ1) is 14.7. The molecule has 2 aromatic carbocycles. The van der Waals surface area contributed by atoms with Crippen molar-refractivity contribution in [3.8, 4) is 17.5 Å². The van der Waals surface area contributed by atoms with Crippen molar-refractivity contribution >= 4 is 0 Å². The van der Waals surface area contributed by atoms with Gasteiger partial charge in [0.15, 0.2) is 6.33 Å². The Hall–Kier alpha value is -3.58. The van der Waals surface area contributed by atoms with Crippen LogP contribution in [0.1, 0.15) is 22.4 Å². The number of benzene rings is 2. The maximum absolute atomic E-state index is 5.92. The first kappa shape index (κ1) is 18.4. The van der Waals surface area contributed by atoms with E-state index in [9.17, 15) is 0 Å². The zero-order valence-corrected chi connectivity index (χ0v) is 16.5. The minimum atomic E-state index is -0.0855. The molecule has 0 amide bonds. The highest BCUT2D eigenvalue weighted by molar-refractivity contribution is 5.44. The molecule has 30 heavy (non-hydrogen) atoms. The quantitative estimate of drug-likeness (QED) is 0.488. The van der Waals surface area contributed by atoms with E-state index in [1.165, 1.54) is 23.0 Å². The highest BCUT2D eigenvalue weighted by Crippen LogP contribution is 2.39. The van der Waals surface area contributed by atoms with Crippen LogP contribution in [-0.2, 0) is 16.8 Å². The Morgan fingerprint density at radius 3 is 2.30 bits per heavy atom. The summed E-state index contributed by atoms with van der Waals surface area (Å²) in [6.07, 6.45) is 2.97. The smallest absolute Gasteiger partial charge is 0.295 e. The van der Waals surface area contributed by atoms with Crippen LogP contribution in [0.2, 0.25) is 0 Å². The van der Waals surface area contributed by atoms with Crippen LogP contribution < -0.4 is 4.74 Å². The Balaban J connectivity index is 1.30. The van der Waals surface area contributed by atoms with Crippen molar-refractivity contribution in [1.82, 2.24) is 20.1 Å². The van der Waals surface area contributed by atoms with E-state index in [0.29, 0.717) is 25.6 Å². The average molecular weight is 400 g/mol. The SMILES string of the molecule is Cc1ccc(C2(c3ccc(OCc4ccnc(-c5ncno5)n4)cc3)COC2)cc1. The molecular formula is C23H20N4O3. The number of rotatable bonds is 6. The van der Waals surface area contributed by atoms with Crippen LogP contribution in [0.25, 0.3) is 11.7 Å². The van der Waals surface area contributed by atoms with Gasteiger partial charge in [0, 0.05) is 6.20 Å². The van der Waals surface area contributed by atoms with Gasteiger partial charge in [-0.25, -0.2) is 9.97 Å². The molecular weight excluding hydrogens is 380 g/mol. The van der Waals surface area contributed by atoms with E-state index in [0.717, 1.165) is 11.4 Å². The lowest BCUT2D eigenvalue weighted by atomic mass is 9.73. The van der Waals surface area contributed by atoms with Crippen molar-refractivity contribution in [3.63, 3.8) is 0 Å². The van der Waals surface area contributed by atoms with Gasteiger partial charge in [0.25, 0.3) is 5.89 Å². The largest absolute Gasteiger partial charge is 0.487 e. The van der Waals surface area contributed by atoms with Gasteiger partial charge in [-0.3, -0.25) is 0 Å². The molecule has 2 aromatic heterocycles. The Bertz CT molecular complexity index is 1120. The molecule has 1 aliphatic heterocycles. The normalized spacial score (nSPS) is 14.8. The molecule has 1 fully saturated rings. The van der Waals surface area contributed by atoms with Crippen molar-refractivity contribution in [1.29, 1.82) is 0 Å². The summed E-state index contributed by atoms with van der Waals surface area (Å²) in [4.78, 5) is 12.5. The summed E-state index contributed by atoms with van der Waals surface area (Å²) >= 11 is 0. The minimum Gasteiger partial charge on any atom is -0.487 e. The van der Waals surface area contributed by atoms with Gasteiger partial charge in [-0.05, 0) is 36.2 Å². The predicted octanol–water partition coefficient (Wildman–Crippen LogP) is 3.73. The summed E-state index contributed by atoms with van der Waals surface area (Å²) in [6.45, 7) is 3.79. The highest BCUT2D eigenvalue weighted by atomic mass is 16.5. The van der Waals surface area contributed by atoms with Crippen LogP contribution in [0.4, 0.5) is 0 Å². The van der Waals surface area contributed by atoms with Crippen LogP contribution in [0.3, 0.4) is 0 Å². The number of ether oxygens (including phenoxy) is 2. The van der Waals surface area contributed by atoms with Gasteiger partial charge in [-0.1, -0.05) is 47.1 Å². The molecule has 4 aromatic rings. The third kappa shape index (κ3) is 3.44. The van der Waals surface area contributed by atoms with Crippen LogP contribution in [0, 0.1) is 6.92 Å². The summed E-state index contributed by atoms with van der Waals surface area (Å²) in [5.41, 5.74) is 4.40. The Labute approximate surface area is 173 Å². The maximum atomic E-state index is 5.92. The number of hydrogen-bond donors (Lipinski definition) is 0. The van der Waals surface area contributed by atoms with E-state index >= 15 is 0 Å². The minimum absolute atomic E-state index is 0.0855. The lowest BCUT2D eigenvalue weighted by Gasteiger charge is -2.42. The lowest BCUT2D eigenvalue weighted by molar-refractivity contribution is -0.0380. The fourth-order valence-electron chi connectivity index (χ4n) is 3.56. The second-order valence-electron chi connectivity index (χ2n) is 7.37. The van der Waals surface area contributed by atoms with Crippen LogP contribution in [0.5, 0.6) is 5.75 Å². The molecule has 7 heteroatoms. The molecule has 0 N–H and O–H groups in total. The molecule has 0 spiro atoms. The number of aryl methyl sites for hydroxylation is 1. The monoisotopic (exact) mass is 400 g/mol. The number of aromatic nitrogens is 4. The van der Waals surface area contributed by atoms with Gasteiger partial charge in [0.05, 0.1) is 24.3 Å². The van der Waals surface area contributed by atoms with Gasteiger partial charge in [0.2, 0.25) is 5.82 Å². The van der Waals surface area contributed by atoms with Gasteiger partial charge in [0.1, 0.15) is 12.4 Å². The zero-order valence-electron chi connectivity index (χ0n) is 16.5. The Kier molecular flexibility index (Phi) is 4.72. The standard InChI is InChI=1S/C23H20N4O3/c1-16-2-4-17(5-3-16)23(13-28-14-23)18-6-8-20(9-7-18)29-12-19-10-11-24-21(27-19)22-25-15-26-30-22/h2-11,15H,12-14H2,1H3. The number of hydrogen-bond acceptors (Lipinski definition) is 7. The molecule has 1 saturated heterocycles. The molecule has 5 rings (SSSR count). The van der Waals surface area contributed by atoms with E-state index in [2.05, 4.69) is 63.4 Å². The Morgan fingerprint density at radius 1 is 0.933 bits per heavy atom. The van der Waals surface area contributed by atoms with E-state index in [1.807, 2.05) is 12.1 Å². The van der Waals surface area contributed by atoms with Crippen molar-refractivity contribution in [2.24, 2.45) is 0 Å². The summed E-state index contributed by atoms with van der Waals surface area (Å²) in [7, 11) is 0. The molecule has 7 nitrogen and oxygen atoms in total. The van der Waals surface area contributed by atoms with Gasteiger partial charge in [-0.2, -0.15) is 4.98 Å². The van der Waals surface area contributed by atoms with Crippen molar-refractivity contribution in [3.05, 3.63) is 89.5 Å². The molecule has 3 heterocycles. The van der Waals surface area contributed by atoms with Crippen LogP contribution in [-0.4, -0.2) is 33.3 Å². The third-order valence-electron chi connectivity index (χ3n) is 5.36. The molecule has 0 radical (unpaired) electrons. The highest BCUT2D eigenvalue weighted by Gasteiger charge is 2.41. The van der Waals surface area contributed by atoms with E-state index in [4.69, 9.17) is 14.0 Å². The first-order valence-electron chi connectivity index (χ1n) is 9.70. The second-order valence-corrected chi connectivity index (χ2v) is 7.37. The van der Waals surface area contributed by atoms with Crippen molar-refractivity contribution in [2.45, 2.75) is 18.9 Å². The van der Waals surface area contributed by atoms with Gasteiger partial charge < -0.3 is 14.0 Å². The summed E-state index contributed by atoms with van der Waals surface area (Å²) in [5.74, 6) is 1.44. The summed E-state index contributed by atoms with van der Waals surface area (Å²) in [5, 5.41) is 3.58. The topological polar surface area (TPSA) is 83.2 Å². The second kappa shape index (κ2) is 7.68. The first-order valence-corrected chi connectivity index (χ1v) is 9.70. The molecule has 1 aliphatic rings. The van der Waals surface area contributed by atoms with Crippen molar-refractivity contribution in [2.75, 3.05) is 13.2 Å². The van der Waals surface area contributed by atoms with Gasteiger partial charge in [-0.15, -0.1) is 0 Å². The number of nitrogens with zero attached hydrogens (tertiary/aromatic N) is 4. The summed E-state index contributed by atoms with van der Waals surface area (Å²) in [6, 6.07) is 18.7. The fraction of sp³-hybridized carbons (Fsp3) is 0.217. The molecule has 0 saturated carbocycles. The van der Waals surface area contributed by atoms with Crippen LogP contribution in [0.15, 0.2) is 71.6 Å². The molecule has 0 aliphatic carbocycles. The zero-order chi connectivity index (χ0) is 20.4. The average Bonchev–Trinajstić information content (AvgIpc) is 3.29. The maximum Gasteiger partial charge on any atom is 0.295 e. The molecule has 150 valence electrons. The van der Waals surface area contributed by atoms with E-state index in [1.54, 1.807) is 12.3 Å². The van der Waals surface area contributed by atoms with E-state index < -0.39 is 0 Å². The predicted molar refractivity (Wildman–Crippen MR) is 109 cm³/mol. The van der Waals surface area contributed by atoms with Crippen LogP contribution >= 0.6 is 0 Å². The molecule has 0 atom stereocenters. The molecule has 0 bridgehead atoms. The van der Waals surface area contributed by atoms with Gasteiger partial charge >= 0.3 is 0 Å². The van der Waals surface area contributed by atoms with E-state index in [-0.39, 0.29) is 11.3 Å². The van der Waals surface area contributed by atoms with Crippen molar-refractivity contribution < 1.29 is 14.0 Å².